The number of nitrogens with two attached hydrogens (primary N) is 1. The van der Waals surface area contributed by atoms with E-state index >= 15 is 0 Å². The van der Waals surface area contributed by atoms with Crippen molar-refractivity contribution in [2.45, 2.75) is 13.5 Å². The van der Waals surface area contributed by atoms with Crippen LogP contribution in [-0.2, 0) is 6.54 Å². The van der Waals surface area contributed by atoms with Gasteiger partial charge >= 0.3 is 0 Å². The van der Waals surface area contributed by atoms with Gasteiger partial charge in [-0.1, -0.05) is 17.7 Å². The van der Waals surface area contributed by atoms with Gasteiger partial charge in [0.25, 0.3) is 0 Å². The first-order chi connectivity index (χ1) is 8.60. The van der Waals surface area contributed by atoms with E-state index in [0.29, 0.717) is 23.2 Å². The number of rotatable bonds is 3. The zero-order chi connectivity index (χ0) is 13.1. The number of aromatic nitrogens is 1. The van der Waals surface area contributed by atoms with Crippen LogP contribution in [0.5, 0.6) is 11.6 Å². The summed E-state index contributed by atoms with van der Waals surface area (Å²) in [7, 11) is 0. The first-order valence-electron chi connectivity index (χ1n) is 5.38. The minimum atomic E-state index is 0.362. The molecule has 0 aliphatic rings. The normalized spacial score (nSPS) is 10.4. The van der Waals surface area contributed by atoms with E-state index in [1.165, 1.54) is 0 Å². The zero-order valence-electron chi connectivity index (χ0n) is 9.78. The molecule has 0 aliphatic carbocycles. The summed E-state index contributed by atoms with van der Waals surface area (Å²) in [6.07, 6.45) is 1.67. The second-order valence-corrected chi connectivity index (χ2v) is 5.19. The molecular weight excluding hydrogens is 316 g/mol. The largest absolute Gasteiger partial charge is 0.438 e. The summed E-state index contributed by atoms with van der Waals surface area (Å²) in [5.41, 5.74) is 7.50. The van der Waals surface area contributed by atoms with E-state index in [1.54, 1.807) is 12.3 Å². The van der Waals surface area contributed by atoms with Crippen molar-refractivity contribution in [2.24, 2.45) is 5.73 Å². The Labute approximate surface area is 119 Å². The molecule has 18 heavy (non-hydrogen) atoms. The molecule has 0 radical (unpaired) electrons. The van der Waals surface area contributed by atoms with Crippen LogP contribution in [0, 0.1) is 6.92 Å². The van der Waals surface area contributed by atoms with Gasteiger partial charge in [-0.05, 0) is 46.6 Å². The molecule has 94 valence electrons. The molecule has 1 aromatic carbocycles. The molecule has 0 unspecified atom stereocenters. The monoisotopic (exact) mass is 326 g/mol. The molecule has 0 amide bonds. The van der Waals surface area contributed by atoms with E-state index in [-0.39, 0.29) is 0 Å². The van der Waals surface area contributed by atoms with Gasteiger partial charge in [0.1, 0.15) is 5.75 Å². The van der Waals surface area contributed by atoms with Gasteiger partial charge in [0, 0.05) is 27.8 Å². The molecule has 0 aliphatic heterocycles. The topological polar surface area (TPSA) is 48.1 Å². The van der Waals surface area contributed by atoms with Crippen LogP contribution < -0.4 is 10.5 Å². The molecule has 3 nitrogen and oxygen atoms in total. The fourth-order valence-corrected chi connectivity index (χ4v) is 2.04. The molecule has 1 aromatic heterocycles. The number of ether oxygens (including phenoxy) is 1. The SMILES string of the molecule is Cc1ccc(Cl)cc1Oc1ncc(Br)cc1CN. The highest BCUT2D eigenvalue weighted by Crippen LogP contribution is 2.29. The van der Waals surface area contributed by atoms with Gasteiger partial charge in [-0.25, -0.2) is 4.98 Å². The second-order valence-electron chi connectivity index (χ2n) is 3.83. The van der Waals surface area contributed by atoms with Crippen molar-refractivity contribution in [3.05, 3.63) is 51.1 Å². The summed E-state index contributed by atoms with van der Waals surface area (Å²) in [5, 5.41) is 0.627. The van der Waals surface area contributed by atoms with Gasteiger partial charge < -0.3 is 10.5 Å². The highest BCUT2D eigenvalue weighted by atomic mass is 79.9. The van der Waals surface area contributed by atoms with Crippen molar-refractivity contribution < 1.29 is 4.74 Å². The fraction of sp³-hybridized carbons (Fsp3) is 0.154. The van der Waals surface area contributed by atoms with Crippen molar-refractivity contribution in [3.8, 4) is 11.6 Å². The average Bonchev–Trinajstić information content (AvgIpc) is 2.36. The Hall–Kier alpha value is -1.10. The lowest BCUT2D eigenvalue weighted by Gasteiger charge is -2.11. The predicted octanol–water partition coefficient (Wildman–Crippen LogP) is 4.06. The summed E-state index contributed by atoms with van der Waals surface area (Å²) < 4.78 is 6.64. The molecule has 0 atom stereocenters. The molecule has 0 spiro atoms. The Bertz CT molecular complexity index is 575. The molecule has 2 rings (SSSR count). The Morgan fingerprint density at radius 3 is 2.89 bits per heavy atom. The third kappa shape index (κ3) is 3.02. The fourth-order valence-electron chi connectivity index (χ4n) is 1.49. The smallest absolute Gasteiger partial charge is 0.223 e. The average molecular weight is 328 g/mol. The maximum atomic E-state index is 5.95. The lowest BCUT2D eigenvalue weighted by Crippen LogP contribution is -2.01. The first-order valence-corrected chi connectivity index (χ1v) is 6.55. The molecule has 2 N–H and O–H groups in total. The van der Waals surface area contributed by atoms with E-state index in [0.717, 1.165) is 15.6 Å². The lowest BCUT2D eigenvalue weighted by atomic mass is 10.2. The minimum absolute atomic E-state index is 0.362. The quantitative estimate of drug-likeness (QED) is 0.925. The third-order valence-electron chi connectivity index (χ3n) is 2.47. The van der Waals surface area contributed by atoms with Crippen LogP contribution in [0.1, 0.15) is 11.1 Å². The van der Waals surface area contributed by atoms with E-state index in [1.807, 2.05) is 25.1 Å². The van der Waals surface area contributed by atoms with Gasteiger partial charge in [0.05, 0.1) is 0 Å². The van der Waals surface area contributed by atoms with Crippen LogP contribution in [0.25, 0.3) is 0 Å². The van der Waals surface area contributed by atoms with E-state index in [2.05, 4.69) is 20.9 Å². The molecule has 0 bridgehead atoms. The number of pyridine rings is 1. The van der Waals surface area contributed by atoms with Gasteiger partial charge in [0.15, 0.2) is 0 Å². The van der Waals surface area contributed by atoms with Crippen LogP contribution >= 0.6 is 27.5 Å². The number of hydrogen-bond acceptors (Lipinski definition) is 3. The van der Waals surface area contributed by atoms with Crippen molar-refractivity contribution in [2.75, 3.05) is 0 Å². The Morgan fingerprint density at radius 2 is 2.17 bits per heavy atom. The lowest BCUT2D eigenvalue weighted by molar-refractivity contribution is 0.453. The molecule has 2 aromatic rings. The van der Waals surface area contributed by atoms with E-state index in [9.17, 15) is 0 Å². The second kappa shape index (κ2) is 5.69. The molecular formula is C13H12BrClN2O. The third-order valence-corrected chi connectivity index (χ3v) is 3.14. The molecule has 5 heteroatoms. The maximum absolute atomic E-state index is 5.95. The zero-order valence-corrected chi connectivity index (χ0v) is 12.1. The van der Waals surface area contributed by atoms with Crippen molar-refractivity contribution >= 4 is 27.5 Å². The van der Waals surface area contributed by atoms with Crippen LogP contribution in [0.2, 0.25) is 5.02 Å². The highest BCUT2D eigenvalue weighted by molar-refractivity contribution is 9.10. The molecule has 0 saturated carbocycles. The first kappa shape index (κ1) is 13.3. The number of nitrogens with zero attached hydrogens (tertiary/aromatic N) is 1. The Kier molecular flexibility index (Phi) is 4.22. The number of hydrogen-bond donors (Lipinski definition) is 1. The van der Waals surface area contributed by atoms with Gasteiger partial charge in [-0.2, -0.15) is 0 Å². The van der Waals surface area contributed by atoms with Gasteiger partial charge in [-0.3, -0.25) is 0 Å². The van der Waals surface area contributed by atoms with Crippen molar-refractivity contribution in [1.82, 2.24) is 4.98 Å². The van der Waals surface area contributed by atoms with Crippen LogP contribution in [0.15, 0.2) is 34.9 Å². The van der Waals surface area contributed by atoms with Crippen LogP contribution in [0.3, 0.4) is 0 Å². The maximum Gasteiger partial charge on any atom is 0.223 e. The number of benzene rings is 1. The van der Waals surface area contributed by atoms with Crippen LogP contribution in [0.4, 0.5) is 0 Å². The summed E-state index contributed by atoms with van der Waals surface area (Å²) in [4.78, 5) is 4.22. The summed E-state index contributed by atoms with van der Waals surface area (Å²) in [6, 6.07) is 7.38. The van der Waals surface area contributed by atoms with Gasteiger partial charge in [-0.15, -0.1) is 0 Å². The van der Waals surface area contributed by atoms with Crippen LogP contribution in [-0.4, -0.2) is 4.98 Å². The van der Waals surface area contributed by atoms with Gasteiger partial charge in [0.2, 0.25) is 5.88 Å². The van der Waals surface area contributed by atoms with Crippen molar-refractivity contribution in [3.63, 3.8) is 0 Å². The summed E-state index contributed by atoms with van der Waals surface area (Å²) >= 11 is 9.30. The summed E-state index contributed by atoms with van der Waals surface area (Å²) in [6.45, 7) is 2.31. The standard InChI is InChI=1S/C13H12BrClN2O/c1-8-2-3-11(15)5-12(8)18-13-9(6-16)4-10(14)7-17-13/h2-5,7H,6,16H2,1H3. The van der Waals surface area contributed by atoms with E-state index < -0.39 is 0 Å². The molecule has 0 fully saturated rings. The highest BCUT2D eigenvalue weighted by Gasteiger charge is 2.08. The number of halogens is 2. The Balaban J connectivity index is 2.36. The molecule has 0 saturated heterocycles. The Morgan fingerprint density at radius 1 is 1.39 bits per heavy atom. The minimum Gasteiger partial charge on any atom is -0.438 e. The van der Waals surface area contributed by atoms with E-state index in [4.69, 9.17) is 22.1 Å². The van der Waals surface area contributed by atoms with Crippen molar-refractivity contribution in [1.29, 1.82) is 0 Å². The summed E-state index contributed by atoms with van der Waals surface area (Å²) in [5.74, 6) is 1.19. The predicted molar refractivity (Wildman–Crippen MR) is 76.1 cm³/mol. The number of aryl methyl sites for hydroxylation is 1. The molecule has 1 heterocycles.